The van der Waals surface area contributed by atoms with E-state index in [9.17, 15) is 18.9 Å². The molecule has 0 unspecified atom stereocenters. The van der Waals surface area contributed by atoms with E-state index in [4.69, 9.17) is 0 Å². The molecule has 19 heavy (non-hydrogen) atoms. The number of benzene rings is 1. The zero-order chi connectivity index (χ0) is 13.8. The Bertz CT molecular complexity index is 474. The molecule has 1 N–H and O–H groups in total. The van der Waals surface area contributed by atoms with Crippen LogP contribution in [0, 0.1) is 27.7 Å². The normalized spacial score (nSPS) is 15.9. The summed E-state index contributed by atoms with van der Waals surface area (Å²) in [5.41, 5.74) is -0.551. The maximum atomic E-state index is 13.5. The van der Waals surface area contributed by atoms with E-state index in [0.717, 1.165) is 12.6 Å². The molecule has 1 aliphatic rings. The van der Waals surface area contributed by atoms with Crippen LogP contribution in [0.4, 0.5) is 14.5 Å². The van der Waals surface area contributed by atoms with Gasteiger partial charge in [0.2, 0.25) is 5.82 Å². The van der Waals surface area contributed by atoms with E-state index in [-0.39, 0.29) is 12.1 Å². The summed E-state index contributed by atoms with van der Waals surface area (Å²) in [6.45, 7) is 0.952. The molecule has 0 amide bonds. The zero-order valence-electron chi connectivity index (χ0n) is 10.5. The summed E-state index contributed by atoms with van der Waals surface area (Å²) < 4.78 is 26.6. The predicted molar refractivity (Wildman–Crippen MR) is 66.7 cm³/mol. The van der Waals surface area contributed by atoms with Gasteiger partial charge >= 0.3 is 5.69 Å². The maximum absolute atomic E-state index is 13.5. The second-order valence-corrected chi connectivity index (χ2v) is 4.93. The fraction of sp³-hybridized carbons (Fsp3) is 0.538. The van der Waals surface area contributed by atoms with Crippen LogP contribution in [0.2, 0.25) is 0 Å². The van der Waals surface area contributed by atoms with Crippen molar-refractivity contribution in [3.63, 3.8) is 0 Å². The Balaban J connectivity index is 1.98. The summed E-state index contributed by atoms with van der Waals surface area (Å²) in [5, 5.41) is 13.7. The lowest BCUT2D eigenvalue weighted by atomic mass is 10.1. The summed E-state index contributed by atoms with van der Waals surface area (Å²) in [6, 6.07) is 1.54. The third kappa shape index (κ3) is 3.47. The maximum Gasteiger partial charge on any atom is 0.305 e. The molecule has 0 saturated heterocycles. The van der Waals surface area contributed by atoms with Crippen molar-refractivity contribution in [1.82, 2.24) is 5.32 Å². The Morgan fingerprint density at radius 2 is 1.95 bits per heavy atom. The lowest BCUT2D eigenvalue weighted by molar-refractivity contribution is -0.387. The summed E-state index contributed by atoms with van der Waals surface area (Å²) in [4.78, 5) is 9.75. The third-order valence-electron chi connectivity index (χ3n) is 3.54. The first-order valence-corrected chi connectivity index (χ1v) is 6.41. The van der Waals surface area contributed by atoms with Crippen molar-refractivity contribution in [3.05, 3.63) is 39.4 Å². The molecular weight excluding hydrogens is 254 g/mol. The number of halogens is 2. The quantitative estimate of drug-likeness (QED) is 0.660. The Kier molecular flexibility index (Phi) is 4.42. The standard InChI is InChI=1S/C13H16F2N2O2/c14-11-6-12(15)13(17(18)19)5-10(11)8-16-7-9-3-1-2-4-9/h5-6,9,16H,1-4,7-8H2. The molecule has 1 aromatic rings. The van der Waals surface area contributed by atoms with Gasteiger partial charge in [-0.2, -0.15) is 4.39 Å². The lowest BCUT2D eigenvalue weighted by Gasteiger charge is -2.11. The van der Waals surface area contributed by atoms with Crippen molar-refractivity contribution < 1.29 is 13.7 Å². The smallest absolute Gasteiger partial charge is 0.305 e. The Morgan fingerprint density at radius 1 is 1.26 bits per heavy atom. The Labute approximate surface area is 110 Å². The van der Waals surface area contributed by atoms with Crippen molar-refractivity contribution in [3.8, 4) is 0 Å². The van der Waals surface area contributed by atoms with Gasteiger partial charge in [-0.15, -0.1) is 0 Å². The molecule has 6 heteroatoms. The summed E-state index contributed by atoms with van der Waals surface area (Å²) in [7, 11) is 0. The zero-order valence-corrected chi connectivity index (χ0v) is 10.5. The average Bonchev–Trinajstić information content (AvgIpc) is 2.84. The molecule has 1 fully saturated rings. The van der Waals surface area contributed by atoms with Crippen LogP contribution >= 0.6 is 0 Å². The largest absolute Gasteiger partial charge is 0.312 e. The lowest BCUT2D eigenvalue weighted by Crippen LogP contribution is -2.21. The van der Waals surface area contributed by atoms with Crippen LogP contribution in [0.1, 0.15) is 31.2 Å². The van der Waals surface area contributed by atoms with Crippen LogP contribution in [-0.4, -0.2) is 11.5 Å². The highest BCUT2D eigenvalue weighted by atomic mass is 19.1. The van der Waals surface area contributed by atoms with Gasteiger partial charge in [0.25, 0.3) is 0 Å². The van der Waals surface area contributed by atoms with E-state index in [1.165, 1.54) is 25.7 Å². The molecule has 4 nitrogen and oxygen atoms in total. The minimum atomic E-state index is -1.14. The number of nitrogens with one attached hydrogen (secondary N) is 1. The summed E-state index contributed by atoms with van der Waals surface area (Å²) in [5.74, 6) is -1.29. The van der Waals surface area contributed by atoms with Crippen LogP contribution < -0.4 is 5.32 Å². The van der Waals surface area contributed by atoms with Gasteiger partial charge in [0.1, 0.15) is 5.82 Å². The highest BCUT2D eigenvalue weighted by molar-refractivity contribution is 5.37. The molecular formula is C13H16F2N2O2. The van der Waals surface area contributed by atoms with Gasteiger partial charge in [0, 0.05) is 24.2 Å². The number of nitro groups is 1. The minimum absolute atomic E-state index is 0.131. The molecule has 2 rings (SSSR count). The fourth-order valence-electron chi connectivity index (χ4n) is 2.48. The number of rotatable bonds is 5. The van der Waals surface area contributed by atoms with Crippen molar-refractivity contribution in [1.29, 1.82) is 0 Å². The van der Waals surface area contributed by atoms with Crippen molar-refractivity contribution in [2.45, 2.75) is 32.2 Å². The number of nitro benzene ring substituents is 1. The molecule has 1 aliphatic carbocycles. The first-order valence-electron chi connectivity index (χ1n) is 6.41. The van der Waals surface area contributed by atoms with Crippen molar-refractivity contribution in [2.24, 2.45) is 5.92 Å². The van der Waals surface area contributed by atoms with Crippen LogP contribution in [-0.2, 0) is 6.54 Å². The molecule has 104 valence electrons. The van der Waals surface area contributed by atoms with Gasteiger partial charge < -0.3 is 5.32 Å². The van der Waals surface area contributed by atoms with Crippen molar-refractivity contribution in [2.75, 3.05) is 6.54 Å². The SMILES string of the molecule is O=[N+]([O-])c1cc(CNCC2CCCC2)c(F)cc1F. The van der Waals surface area contributed by atoms with Crippen LogP contribution in [0.25, 0.3) is 0 Å². The second-order valence-electron chi connectivity index (χ2n) is 4.93. The first kappa shape index (κ1) is 13.9. The van der Waals surface area contributed by atoms with Crippen LogP contribution in [0.5, 0.6) is 0 Å². The highest BCUT2D eigenvalue weighted by Crippen LogP contribution is 2.24. The first-order chi connectivity index (χ1) is 9.08. The molecule has 0 aliphatic heterocycles. The van der Waals surface area contributed by atoms with E-state index < -0.39 is 22.2 Å². The molecule has 0 bridgehead atoms. The average molecular weight is 270 g/mol. The third-order valence-corrected chi connectivity index (χ3v) is 3.54. The topological polar surface area (TPSA) is 55.2 Å². The molecule has 1 aromatic carbocycles. The molecule has 0 heterocycles. The molecule has 1 saturated carbocycles. The van der Waals surface area contributed by atoms with E-state index in [2.05, 4.69) is 5.32 Å². The Morgan fingerprint density at radius 3 is 2.58 bits per heavy atom. The molecule has 0 radical (unpaired) electrons. The molecule has 0 atom stereocenters. The summed E-state index contributed by atoms with van der Waals surface area (Å²) in [6.07, 6.45) is 4.78. The summed E-state index contributed by atoms with van der Waals surface area (Å²) >= 11 is 0. The molecule has 0 spiro atoms. The number of nitrogens with zero attached hydrogens (tertiary/aromatic N) is 1. The van der Waals surface area contributed by atoms with E-state index in [1.807, 2.05) is 0 Å². The molecule has 0 aromatic heterocycles. The fourth-order valence-corrected chi connectivity index (χ4v) is 2.48. The van der Waals surface area contributed by atoms with Gasteiger partial charge in [-0.1, -0.05) is 12.8 Å². The van der Waals surface area contributed by atoms with Crippen LogP contribution in [0.3, 0.4) is 0 Å². The van der Waals surface area contributed by atoms with E-state index in [1.54, 1.807) is 0 Å². The Hall–Kier alpha value is -1.56. The van der Waals surface area contributed by atoms with Gasteiger partial charge in [-0.05, 0) is 25.3 Å². The van der Waals surface area contributed by atoms with Crippen molar-refractivity contribution >= 4 is 5.69 Å². The van der Waals surface area contributed by atoms with Gasteiger partial charge in [0.15, 0.2) is 0 Å². The highest BCUT2D eigenvalue weighted by Gasteiger charge is 2.19. The van der Waals surface area contributed by atoms with Gasteiger partial charge in [-0.3, -0.25) is 10.1 Å². The second kappa shape index (κ2) is 6.06. The van der Waals surface area contributed by atoms with E-state index in [0.29, 0.717) is 12.0 Å². The minimum Gasteiger partial charge on any atom is -0.312 e. The van der Waals surface area contributed by atoms with Gasteiger partial charge in [0.05, 0.1) is 4.92 Å². The number of hydrogen-bond donors (Lipinski definition) is 1. The predicted octanol–water partition coefficient (Wildman–Crippen LogP) is 3.15. The monoisotopic (exact) mass is 270 g/mol. The number of hydrogen-bond acceptors (Lipinski definition) is 3. The van der Waals surface area contributed by atoms with Gasteiger partial charge in [-0.25, -0.2) is 4.39 Å². The van der Waals surface area contributed by atoms with Crippen LogP contribution in [0.15, 0.2) is 12.1 Å². The van der Waals surface area contributed by atoms with E-state index >= 15 is 0 Å².